The number of benzene rings is 1. The molecule has 0 saturated heterocycles. The zero-order chi connectivity index (χ0) is 18.2. The van der Waals surface area contributed by atoms with Gasteiger partial charge in [0.1, 0.15) is 0 Å². The van der Waals surface area contributed by atoms with E-state index >= 15 is 0 Å². The van der Waals surface area contributed by atoms with Crippen molar-refractivity contribution in [3.63, 3.8) is 0 Å². The van der Waals surface area contributed by atoms with Gasteiger partial charge in [-0.25, -0.2) is 4.79 Å². The monoisotopic (exact) mass is 393 g/mol. The molecule has 9 heteroatoms. The molecule has 0 spiro atoms. The van der Waals surface area contributed by atoms with Gasteiger partial charge in [-0.15, -0.1) is 10.2 Å². The zero-order valence-corrected chi connectivity index (χ0v) is 16.4. The lowest BCUT2D eigenvalue weighted by atomic mass is 10.3. The highest BCUT2D eigenvalue weighted by Crippen LogP contribution is 2.26. The molecule has 26 heavy (non-hydrogen) atoms. The number of hydrogen-bond acceptors (Lipinski definition) is 7. The molecule has 140 valence electrons. The van der Waals surface area contributed by atoms with Crippen molar-refractivity contribution in [2.75, 3.05) is 30.8 Å². The summed E-state index contributed by atoms with van der Waals surface area (Å²) >= 11 is 3.24. The molecule has 0 saturated carbocycles. The third kappa shape index (κ3) is 5.09. The molecule has 0 unspecified atom stereocenters. The Kier molecular flexibility index (Phi) is 7.10. The van der Waals surface area contributed by atoms with Crippen molar-refractivity contribution in [1.82, 2.24) is 19.7 Å². The Morgan fingerprint density at radius 1 is 1.31 bits per heavy atom. The molecule has 2 N–H and O–H groups in total. The van der Waals surface area contributed by atoms with E-state index in [-0.39, 0.29) is 5.69 Å². The Hall–Kier alpha value is -1.84. The van der Waals surface area contributed by atoms with Gasteiger partial charge in [0.2, 0.25) is 5.13 Å². The maximum atomic E-state index is 12.0. The minimum atomic E-state index is -0.0503. The molecule has 2 aromatic heterocycles. The number of nitrogens with one attached hydrogen (secondary N) is 2. The summed E-state index contributed by atoms with van der Waals surface area (Å²) in [5, 5.41) is 12.5. The summed E-state index contributed by atoms with van der Waals surface area (Å²) in [4.78, 5) is 14.9. The number of thioether (sulfide) groups is 1. The highest BCUT2D eigenvalue weighted by molar-refractivity contribution is 8.01. The van der Waals surface area contributed by atoms with Gasteiger partial charge in [0.15, 0.2) is 4.34 Å². The lowest BCUT2D eigenvalue weighted by Gasteiger charge is -2.02. The van der Waals surface area contributed by atoms with Crippen LogP contribution in [0.5, 0.6) is 0 Å². The number of aromatic amines is 1. The van der Waals surface area contributed by atoms with Crippen molar-refractivity contribution in [1.29, 1.82) is 0 Å². The fourth-order valence-electron chi connectivity index (χ4n) is 2.56. The minimum Gasteiger partial charge on any atom is -0.382 e. The first-order valence-corrected chi connectivity index (χ1v) is 10.5. The van der Waals surface area contributed by atoms with Crippen LogP contribution >= 0.6 is 23.1 Å². The molecular weight excluding hydrogens is 370 g/mol. The van der Waals surface area contributed by atoms with Gasteiger partial charge < -0.3 is 15.0 Å². The minimum absolute atomic E-state index is 0.0503. The number of imidazole rings is 1. The van der Waals surface area contributed by atoms with Crippen LogP contribution in [0.2, 0.25) is 0 Å². The van der Waals surface area contributed by atoms with E-state index in [9.17, 15) is 4.79 Å². The first kappa shape index (κ1) is 18.9. The van der Waals surface area contributed by atoms with Crippen LogP contribution in [0, 0.1) is 0 Å². The molecule has 0 bridgehead atoms. The average Bonchev–Trinajstić information content (AvgIpc) is 3.22. The molecule has 2 heterocycles. The van der Waals surface area contributed by atoms with Crippen molar-refractivity contribution in [2.45, 2.75) is 30.6 Å². The first-order valence-electron chi connectivity index (χ1n) is 8.73. The van der Waals surface area contributed by atoms with Crippen molar-refractivity contribution in [3.8, 4) is 0 Å². The van der Waals surface area contributed by atoms with Crippen LogP contribution in [0.25, 0.3) is 11.0 Å². The Bertz CT molecular complexity index is 873. The molecule has 3 aromatic rings. The predicted molar refractivity (Wildman–Crippen MR) is 107 cm³/mol. The average molecular weight is 394 g/mol. The molecule has 0 aliphatic rings. The molecule has 1 aromatic carbocycles. The summed E-state index contributed by atoms with van der Waals surface area (Å²) in [7, 11) is 0. The largest absolute Gasteiger partial charge is 0.382 e. The molecule has 0 fully saturated rings. The highest BCUT2D eigenvalue weighted by atomic mass is 32.2. The quantitative estimate of drug-likeness (QED) is 0.384. The Morgan fingerprint density at radius 2 is 2.19 bits per heavy atom. The Morgan fingerprint density at radius 3 is 3.08 bits per heavy atom. The maximum Gasteiger partial charge on any atom is 0.326 e. The number of hydrogen-bond donors (Lipinski definition) is 2. The lowest BCUT2D eigenvalue weighted by Crippen LogP contribution is -2.17. The smallest absolute Gasteiger partial charge is 0.326 e. The number of anilines is 1. The first-order chi connectivity index (χ1) is 12.8. The van der Waals surface area contributed by atoms with Gasteiger partial charge in [0, 0.05) is 32.1 Å². The molecule has 0 aliphatic heterocycles. The number of H-pyrrole nitrogens is 1. The summed E-state index contributed by atoms with van der Waals surface area (Å²) in [5.41, 5.74) is 1.79. The molecule has 0 radical (unpaired) electrons. The molecule has 0 amide bonds. The van der Waals surface area contributed by atoms with Crippen LogP contribution in [-0.2, 0) is 11.3 Å². The van der Waals surface area contributed by atoms with Gasteiger partial charge in [0.05, 0.1) is 11.0 Å². The Labute approximate surface area is 160 Å². The predicted octanol–water partition coefficient (Wildman–Crippen LogP) is 3.20. The normalized spacial score (nSPS) is 11.3. The molecular formula is C17H23N5O2S2. The second-order valence-corrected chi connectivity index (χ2v) is 7.97. The van der Waals surface area contributed by atoms with Gasteiger partial charge >= 0.3 is 5.69 Å². The van der Waals surface area contributed by atoms with Crippen molar-refractivity contribution < 1.29 is 4.74 Å². The summed E-state index contributed by atoms with van der Waals surface area (Å²) < 4.78 is 8.05. The fraction of sp³-hybridized carbons (Fsp3) is 0.471. The zero-order valence-electron chi connectivity index (χ0n) is 14.7. The van der Waals surface area contributed by atoms with Crippen LogP contribution < -0.4 is 11.0 Å². The number of fused-ring (bicyclic) bond motifs is 1. The van der Waals surface area contributed by atoms with Crippen molar-refractivity contribution in [3.05, 3.63) is 34.7 Å². The van der Waals surface area contributed by atoms with E-state index in [1.807, 2.05) is 31.2 Å². The van der Waals surface area contributed by atoms with E-state index in [1.54, 1.807) is 27.7 Å². The number of aromatic nitrogens is 4. The van der Waals surface area contributed by atoms with Crippen molar-refractivity contribution in [2.24, 2.45) is 0 Å². The van der Waals surface area contributed by atoms with E-state index in [0.717, 1.165) is 58.9 Å². The lowest BCUT2D eigenvalue weighted by molar-refractivity contribution is 0.147. The van der Waals surface area contributed by atoms with Gasteiger partial charge in [-0.2, -0.15) is 0 Å². The third-order valence-electron chi connectivity index (χ3n) is 3.79. The number of para-hydroxylation sites is 2. The van der Waals surface area contributed by atoms with E-state index in [4.69, 9.17) is 4.74 Å². The van der Waals surface area contributed by atoms with Gasteiger partial charge in [-0.1, -0.05) is 35.2 Å². The van der Waals surface area contributed by atoms with E-state index in [1.165, 1.54) is 0 Å². The SMILES string of the molecule is CCOCCCNc1nnc(SCCCn2c(=O)[nH]c3ccccc32)s1. The van der Waals surface area contributed by atoms with Crippen LogP contribution in [0.3, 0.4) is 0 Å². The second kappa shape index (κ2) is 9.75. The topological polar surface area (TPSA) is 84.8 Å². The summed E-state index contributed by atoms with van der Waals surface area (Å²) in [6.45, 7) is 5.04. The second-order valence-electron chi connectivity index (χ2n) is 5.65. The van der Waals surface area contributed by atoms with E-state index < -0.39 is 0 Å². The molecule has 0 aliphatic carbocycles. The molecule has 3 rings (SSSR count). The van der Waals surface area contributed by atoms with Gasteiger partial charge in [-0.05, 0) is 31.9 Å². The number of nitrogens with zero attached hydrogens (tertiary/aromatic N) is 3. The fourth-order valence-corrected chi connectivity index (χ4v) is 4.34. The van der Waals surface area contributed by atoms with Gasteiger partial charge in [0.25, 0.3) is 0 Å². The number of ether oxygens (including phenoxy) is 1. The third-order valence-corrected chi connectivity index (χ3v) is 5.89. The Balaban J connectivity index is 1.41. The van der Waals surface area contributed by atoms with E-state index in [0.29, 0.717) is 6.54 Å². The molecule has 0 atom stereocenters. The number of rotatable bonds is 11. The van der Waals surface area contributed by atoms with Crippen LogP contribution in [0.4, 0.5) is 5.13 Å². The van der Waals surface area contributed by atoms with Crippen LogP contribution in [-0.4, -0.2) is 45.3 Å². The standard InChI is InChI=1S/C17H23N5O2S2/c1-2-24-11-5-9-18-15-20-21-17(26-15)25-12-6-10-22-14-8-4-3-7-13(14)19-16(22)23/h3-4,7-8H,2,5-6,9-12H2,1H3,(H,18,20)(H,19,23). The molecule has 7 nitrogen and oxygen atoms in total. The summed E-state index contributed by atoms with van der Waals surface area (Å²) in [6.07, 6.45) is 1.85. The highest BCUT2D eigenvalue weighted by Gasteiger charge is 2.07. The number of aryl methyl sites for hydroxylation is 1. The summed E-state index contributed by atoms with van der Waals surface area (Å²) in [5.74, 6) is 0.894. The van der Waals surface area contributed by atoms with E-state index in [2.05, 4.69) is 20.5 Å². The van der Waals surface area contributed by atoms with Crippen molar-refractivity contribution >= 4 is 39.3 Å². The summed E-state index contributed by atoms with van der Waals surface area (Å²) in [6, 6.07) is 7.77. The van der Waals surface area contributed by atoms with Crippen LogP contribution in [0.1, 0.15) is 19.8 Å². The van der Waals surface area contributed by atoms with Crippen LogP contribution in [0.15, 0.2) is 33.4 Å². The van der Waals surface area contributed by atoms with Gasteiger partial charge in [-0.3, -0.25) is 4.57 Å². The maximum absolute atomic E-state index is 12.0.